The lowest BCUT2D eigenvalue weighted by Gasteiger charge is -2.35. The van der Waals surface area contributed by atoms with Gasteiger partial charge in [-0.05, 0) is 18.2 Å². The van der Waals surface area contributed by atoms with Crippen molar-refractivity contribution in [1.29, 1.82) is 0 Å². The van der Waals surface area contributed by atoms with Crippen LogP contribution in [0.5, 0.6) is 0 Å². The molecule has 1 unspecified atom stereocenters. The Morgan fingerprint density at radius 1 is 1.23 bits per heavy atom. The van der Waals surface area contributed by atoms with Gasteiger partial charge in [0.2, 0.25) is 10.0 Å². The summed E-state index contributed by atoms with van der Waals surface area (Å²) in [7, 11) is -4.11. The maximum Gasteiger partial charge on any atom is 0.266 e. The molecule has 1 aromatic heterocycles. The number of nitrogens with two attached hydrogens (primary N) is 1. The Balaban J connectivity index is 1.68. The zero-order chi connectivity index (χ0) is 21.5. The molecule has 1 aromatic carbocycles. The predicted molar refractivity (Wildman–Crippen MR) is 117 cm³/mol. The molecule has 3 N–H and O–H groups in total. The van der Waals surface area contributed by atoms with Gasteiger partial charge >= 0.3 is 0 Å². The van der Waals surface area contributed by atoms with Crippen LogP contribution in [0.15, 0.2) is 27.6 Å². The van der Waals surface area contributed by atoms with E-state index in [2.05, 4.69) is 20.9 Å². The molecule has 2 aliphatic heterocycles. The molecule has 2 amide bonds. The maximum atomic E-state index is 13.5. The Hall–Kier alpha value is -1.60. The number of halogens is 1. The summed E-state index contributed by atoms with van der Waals surface area (Å²) in [4.78, 5) is 29.2. The monoisotopic (exact) mass is 516 g/mol. The van der Waals surface area contributed by atoms with E-state index in [-0.39, 0.29) is 36.2 Å². The number of carbonyl (C=O) groups excluding carboxylic acids is 2. The van der Waals surface area contributed by atoms with E-state index in [0.29, 0.717) is 28.5 Å². The highest BCUT2D eigenvalue weighted by molar-refractivity contribution is 9.10. The summed E-state index contributed by atoms with van der Waals surface area (Å²) >= 11 is 5.12. The highest BCUT2D eigenvalue weighted by Gasteiger charge is 2.39. The van der Waals surface area contributed by atoms with Crippen LogP contribution in [0.25, 0.3) is 10.9 Å². The van der Waals surface area contributed by atoms with Gasteiger partial charge < -0.3 is 20.4 Å². The van der Waals surface area contributed by atoms with Crippen molar-refractivity contribution in [3.8, 4) is 0 Å². The van der Waals surface area contributed by atoms with Crippen LogP contribution in [0.2, 0.25) is 0 Å². The molecule has 9 nitrogen and oxygen atoms in total. The summed E-state index contributed by atoms with van der Waals surface area (Å²) in [5.74, 6) is 0.638. The van der Waals surface area contributed by atoms with Gasteiger partial charge in [-0.3, -0.25) is 9.59 Å². The molecule has 0 saturated carbocycles. The van der Waals surface area contributed by atoms with E-state index >= 15 is 0 Å². The third-order valence-electron chi connectivity index (χ3n) is 5.18. The van der Waals surface area contributed by atoms with Crippen molar-refractivity contribution in [1.82, 2.24) is 14.2 Å². The normalized spacial score (nSPS) is 21.1. The van der Waals surface area contributed by atoms with Gasteiger partial charge in [-0.15, -0.1) is 0 Å². The minimum absolute atomic E-state index is 0.0842. The van der Waals surface area contributed by atoms with E-state index in [0.717, 1.165) is 11.5 Å². The molecule has 2 aliphatic rings. The largest absolute Gasteiger partial charge is 0.366 e. The van der Waals surface area contributed by atoms with E-state index in [4.69, 9.17) is 10.5 Å². The highest BCUT2D eigenvalue weighted by Crippen LogP contribution is 2.32. The van der Waals surface area contributed by atoms with Gasteiger partial charge in [0.05, 0.1) is 6.61 Å². The number of hydrogen-bond donors (Lipinski definition) is 2. The van der Waals surface area contributed by atoms with Gasteiger partial charge in [-0.25, -0.2) is 8.42 Å². The van der Waals surface area contributed by atoms with Crippen LogP contribution in [0, 0.1) is 0 Å². The molecular formula is C18H21BrN4O5S2. The molecular weight excluding hydrogens is 496 g/mol. The number of hydrogen-bond acceptors (Lipinski definition) is 6. The van der Waals surface area contributed by atoms with Crippen molar-refractivity contribution in [3.63, 3.8) is 0 Å². The third-order valence-corrected chi connectivity index (χ3v) is 8.57. The van der Waals surface area contributed by atoms with Gasteiger partial charge in [-0.2, -0.15) is 16.1 Å². The molecule has 0 aliphatic carbocycles. The van der Waals surface area contributed by atoms with Crippen LogP contribution in [0.4, 0.5) is 0 Å². The number of sulfonamides is 1. The number of aromatic nitrogens is 1. The molecule has 12 heteroatoms. The molecule has 1 atom stereocenters. The first kappa shape index (κ1) is 21.6. The molecule has 3 heterocycles. The quantitative estimate of drug-likeness (QED) is 0.623. The first-order valence-corrected chi connectivity index (χ1v) is 12.8. The summed E-state index contributed by atoms with van der Waals surface area (Å²) < 4.78 is 34.6. The van der Waals surface area contributed by atoms with Crippen LogP contribution in [0.3, 0.4) is 0 Å². The van der Waals surface area contributed by atoms with Gasteiger partial charge in [-0.1, -0.05) is 15.9 Å². The molecule has 0 radical (unpaired) electrons. The molecule has 2 aromatic rings. The average molecular weight is 517 g/mol. The summed E-state index contributed by atoms with van der Waals surface area (Å²) in [6.07, 6.45) is -0.870. The second-order valence-electron chi connectivity index (χ2n) is 7.04. The Bertz CT molecular complexity index is 1100. The van der Waals surface area contributed by atoms with Gasteiger partial charge in [0, 0.05) is 53.1 Å². The average Bonchev–Trinajstić information content (AvgIpc) is 3.13. The van der Waals surface area contributed by atoms with Gasteiger partial charge in [0.1, 0.15) is 16.7 Å². The van der Waals surface area contributed by atoms with E-state index in [1.165, 1.54) is 4.31 Å². The van der Waals surface area contributed by atoms with Crippen LogP contribution in [0.1, 0.15) is 10.5 Å². The number of amides is 2. The Labute approximate surface area is 186 Å². The lowest BCUT2D eigenvalue weighted by molar-refractivity contribution is -0.146. The molecule has 162 valence electrons. The maximum absolute atomic E-state index is 13.5. The van der Waals surface area contributed by atoms with Crippen LogP contribution >= 0.6 is 27.7 Å². The molecule has 0 bridgehead atoms. The fourth-order valence-electron chi connectivity index (χ4n) is 3.69. The lowest BCUT2D eigenvalue weighted by Crippen LogP contribution is -2.53. The number of fused-ring (bicyclic) bond motifs is 1. The van der Waals surface area contributed by atoms with Gasteiger partial charge in [0.15, 0.2) is 0 Å². The van der Waals surface area contributed by atoms with Crippen molar-refractivity contribution >= 4 is 60.4 Å². The lowest BCUT2D eigenvalue weighted by atomic mass is 10.2. The molecule has 0 spiro atoms. The number of carbonyl (C=O) groups is 2. The molecule has 2 saturated heterocycles. The first-order chi connectivity index (χ1) is 14.3. The predicted octanol–water partition coefficient (Wildman–Crippen LogP) is 0.994. The van der Waals surface area contributed by atoms with Crippen molar-refractivity contribution in [3.05, 3.63) is 28.4 Å². The molecule has 2 fully saturated rings. The number of primary amides is 1. The highest BCUT2D eigenvalue weighted by atomic mass is 79.9. The van der Waals surface area contributed by atoms with Crippen LogP contribution < -0.4 is 5.73 Å². The molecule has 4 rings (SSSR count). The van der Waals surface area contributed by atoms with E-state index < -0.39 is 22.0 Å². The smallest absolute Gasteiger partial charge is 0.266 e. The Morgan fingerprint density at radius 3 is 2.67 bits per heavy atom. The Morgan fingerprint density at radius 2 is 1.97 bits per heavy atom. The second-order valence-corrected chi connectivity index (χ2v) is 11.1. The van der Waals surface area contributed by atoms with E-state index in [1.807, 2.05) is 0 Å². The third kappa shape index (κ3) is 3.98. The summed E-state index contributed by atoms with van der Waals surface area (Å²) in [6.45, 7) is 1.32. The summed E-state index contributed by atoms with van der Waals surface area (Å²) in [6, 6.07) is 5.03. The second kappa shape index (κ2) is 8.50. The fourth-order valence-corrected chi connectivity index (χ4v) is 6.72. The summed E-state index contributed by atoms with van der Waals surface area (Å²) in [5.41, 5.74) is 5.77. The minimum Gasteiger partial charge on any atom is -0.366 e. The van der Waals surface area contributed by atoms with Crippen molar-refractivity contribution < 1.29 is 22.7 Å². The zero-order valence-electron chi connectivity index (χ0n) is 16.0. The zero-order valence-corrected chi connectivity index (χ0v) is 19.2. The molecule has 30 heavy (non-hydrogen) atoms. The number of thioether (sulfide) groups is 1. The van der Waals surface area contributed by atoms with Crippen molar-refractivity contribution in [2.24, 2.45) is 5.73 Å². The number of aromatic amines is 1. The van der Waals surface area contributed by atoms with Crippen LogP contribution in [-0.4, -0.2) is 84.8 Å². The number of nitrogens with zero attached hydrogens (tertiary/aromatic N) is 2. The number of benzene rings is 1. The first-order valence-electron chi connectivity index (χ1n) is 9.38. The number of H-pyrrole nitrogens is 1. The van der Waals surface area contributed by atoms with Crippen molar-refractivity contribution in [2.45, 2.75) is 11.0 Å². The Kier molecular flexibility index (Phi) is 6.13. The topological polar surface area (TPSA) is 126 Å². The number of ether oxygens (including phenoxy) is 1. The van der Waals surface area contributed by atoms with E-state index in [9.17, 15) is 18.0 Å². The number of morpholine rings is 1. The minimum atomic E-state index is -4.11. The van der Waals surface area contributed by atoms with Crippen molar-refractivity contribution in [2.75, 3.05) is 44.3 Å². The SMILES string of the molecule is NC(=O)c1[nH]c2ccc(Br)cc2c1S(=O)(=O)N1CCOC(C(=O)N2CCSCC2)C1. The summed E-state index contributed by atoms with van der Waals surface area (Å²) in [5, 5.41) is 0.362. The van der Waals surface area contributed by atoms with Gasteiger partial charge in [0.25, 0.3) is 11.8 Å². The fraction of sp³-hybridized carbons (Fsp3) is 0.444. The van der Waals surface area contributed by atoms with E-state index in [1.54, 1.807) is 34.9 Å². The standard InChI is InChI=1S/C18H21BrN4O5S2/c19-11-1-2-13-12(9-11)16(15(21-13)17(20)24)30(26,27)23-3-6-28-14(10-23)18(25)22-4-7-29-8-5-22/h1-2,9,14,21H,3-8,10H2,(H2,20,24). The van der Waals surface area contributed by atoms with Crippen LogP contribution in [-0.2, 0) is 19.6 Å². The number of nitrogens with one attached hydrogen (secondary N) is 1. The number of rotatable bonds is 4.